The molecule has 0 radical (unpaired) electrons. The van der Waals surface area contributed by atoms with E-state index in [-0.39, 0.29) is 5.92 Å². The summed E-state index contributed by atoms with van der Waals surface area (Å²) in [6.45, 7) is 7.22. The highest BCUT2D eigenvalue weighted by Crippen LogP contribution is 2.17. The summed E-state index contributed by atoms with van der Waals surface area (Å²) in [5.41, 5.74) is 1.03. The molecule has 0 aliphatic carbocycles. The first-order valence-corrected chi connectivity index (χ1v) is 4.51. The molecule has 0 aromatic heterocycles. The minimum Gasteiger partial charge on any atom is -0.381 e. The molecule has 2 heteroatoms. The highest BCUT2D eigenvalue weighted by molar-refractivity contribution is 5.83. The van der Waals surface area contributed by atoms with Crippen molar-refractivity contribution in [3.63, 3.8) is 0 Å². The maximum Gasteiger partial charge on any atom is 0.142 e. The number of hydrogen-bond acceptors (Lipinski definition) is 2. The SMILES string of the molecule is C=C(CC)CC(=O)C1CCOC1. The number of rotatable bonds is 4. The molecular weight excluding hydrogens is 152 g/mol. The number of hydrogen-bond donors (Lipinski definition) is 0. The largest absolute Gasteiger partial charge is 0.381 e. The van der Waals surface area contributed by atoms with Gasteiger partial charge < -0.3 is 4.74 Å². The fourth-order valence-corrected chi connectivity index (χ4v) is 1.30. The Morgan fingerprint density at radius 2 is 2.42 bits per heavy atom. The van der Waals surface area contributed by atoms with Crippen LogP contribution in [0.3, 0.4) is 0 Å². The van der Waals surface area contributed by atoms with Gasteiger partial charge in [0, 0.05) is 18.9 Å². The molecule has 1 unspecified atom stereocenters. The van der Waals surface area contributed by atoms with Gasteiger partial charge in [0.15, 0.2) is 0 Å². The summed E-state index contributed by atoms with van der Waals surface area (Å²) in [4.78, 5) is 11.5. The second-order valence-corrected chi connectivity index (χ2v) is 3.31. The Bertz CT molecular complexity index is 178. The molecule has 1 rings (SSSR count). The molecule has 1 aliphatic heterocycles. The minimum absolute atomic E-state index is 0.147. The van der Waals surface area contributed by atoms with E-state index in [2.05, 4.69) is 6.58 Å². The summed E-state index contributed by atoms with van der Waals surface area (Å²) in [6, 6.07) is 0. The fraction of sp³-hybridized carbons (Fsp3) is 0.700. The first-order valence-electron chi connectivity index (χ1n) is 4.51. The van der Waals surface area contributed by atoms with Gasteiger partial charge in [0.1, 0.15) is 5.78 Å². The monoisotopic (exact) mass is 168 g/mol. The van der Waals surface area contributed by atoms with Crippen LogP contribution in [0.4, 0.5) is 0 Å². The molecule has 1 fully saturated rings. The summed E-state index contributed by atoms with van der Waals surface area (Å²) < 4.78 is 5.14. The number of carbonyl (C=O) groups is 1. The Kier molecular flexibility index (Phi) is 3.48. The maximum atomic E-state index is 11.5. The topological polar surface area (TPSA) is 26.3 Å². The van der Waals surface area contributed by atoms with Crippen LogP contribution in [0.2, 0.25) is 0 Å². The van der Waals surface area contributed by atoms with Crippen molar-refractivity contribution in [1.29, 1.82) is 0 Å². The fourth-order valence-electron chi connectivity index (χ4n) is 1.30. The first kappa shape index (κ1) is 9.46. The van der Waals surface area contributed by atoms with Gasteiger partial charge >= 0.3 is 0 Å². The van der Waals surface area contributed by atoms with Crippen molar-refractivity contribution in [3.8, 4) is 0 Å². The third kappa shape index (κ3) is 2.45. The van der Waals surface area contributed by atoms with Crippen LogP contribution < -0.4 is 0 Å². The summed E-state index contributed by atoms with van der Waals surface area (Å²) >= 11 is 0. The molecular formula is C10H16O2. The van der Waals surface area contributed by atoms with Gasteiger partial charge in [-0.25, -0.2) is 0 Å². The number of Topliss-reactive ketones (excluding diaryl/α,β-unsaturated/α-hetero) is 1. The van der Waals surface area contributed by atoms with E-state index in [1.165, 1.54) is 0 Å². The van der Waals surface area contributed by atoms with Gasteiger partial charge in [0.05, 0.1) is 6.61 Å². The highest BCUT2D eigenvalue weighted by Gasteiger charge is 2.22. The maximum absolute atomic E-state index is 11.5. The van der Waals surface area contributed by atoms with E-state index in [9.17, 15) is 4.79 Å². The summed E-state index contributed by atoms with van der Waals surface area (Å²) in [6.07, 6.45) is 2.35. The third-order valence-corrected chi connectivity index (χ3v) is 2.31. The van der Waals surface area contributed by atoms with E-state index in [0.717, 1.165) is 25.0 Å². The quantitative estimate of drug-likeness (QED) is 0.600. The number of carbonyl (C=O) groups excluding carboxylic acids is 1. The van der Waals surface area contributed by atoms with Crippen molar-refractivity contribution in [2.24, 2.45) is 5.92 Å². The van der Waals surface area contributed by atoms with Crippen molar-refractivity contribution in [3.05, 3.63) is 12.2 Å². The van der Waals surface area contributed by atoms with Crippen LogP contribution in [0.1, 0.15) is 26.2 Å². The lowest BCUT2D eigenvalue weighted by molar-refractivity contribution is -0.122. The molecule has 0 bridgehead atoms. The Hall–Kier alpha value is -0.630. The molecule has 68 valence electrons. The Labute approximate surface area is 73.6 Å². The lowest BCUT2D eigenvalue weighted by Gasteiger charge is -2.06. The Balaban J connectivity index is 2.32. The van der Waals surface area contributed by atoms with Crippen molar-refractivity contribution in [2.75, 3.05) is 13.2 Å². The van der Waals surface area contributed by atoms with E-state index in [0.29, 0.717) is 18.8 Å². The second-order valence-electron chi connectivity index (χ2n) is 3.31. The second kappa shape index (κ2) is 4.41. The normalized spacial score (nSPS) is 22.6. The number of allylic oxidation sites excluding steroid dienone is 1. The average Bonchev–Trinajstić information content (AvgIpc) is 2.56. The summed E-state index contributed by atoms with van der Waals surface area (Å²) in [5.74, 6) is 0.452. The van der Waals surface area contributed by atoms with Crippen LogP contribution in [0, 0.1) is 5.92 Å². The van der Waals surface area contributed by atoms with Crippen LogP contribution in [0.15, 0.2) is 12.2 Å². The lowest BCUT2D eigenvalue weighted by atomic mass is 9.97. The van der Waals surface area contributed by atoms with Crippen molar-refractivity contribution in [1.82, 2.24) is 0 Å². The van der Waals surface area contributed by atoms with Crippen LogP contribution in [0.5, 0.6) is 0 Å². The highest BCUT2D eigenvalue weighted by atomic mass is 16.5. The van der Waals surface area contributed by atoms with E-state index in [1.54, 1.807) is 0 Å². The Morgan fingerprint density at radius 3 is 2.92 bits per heavy atom. The van der Waals surface area contributed by atoms with Gasteiger partial charge in [0.25, 0.3) is 0 Å². The smallest absolute Gasteiger partial charge is 0.142 e. The average molecular weight is 168 g/mol. The van der Waals surface area contributed by atoms with Crippen LogP contribution in [-0.4, -0.2) is 19.0 Å². The predicted molar refractivity (Wildman–Crippen MR) is 48.0 cm³/mol. The molecule has 0 aromatic carbocycles. The Morgan fingerprint density at radius 1 is 1.67 bits per heavy atom. The van der Waals surface area contributed by atoms with Gasteiger partial charge in [-0.05, 0) is 12.8 Å². The van der Waals surface area contributed by atoms with Crippen molar-refractivity contribution in [2.45, 2.75) is 26.2 Å². The zero-order valence-electron chi connectivity index (χ0n) is 7.64. The van der Waals surface area contributed by atoms with Crippen LogP contribution >= 0.6 is 0 Å². The molecule has 0 amide bonds. The van der Waals surface area contributed by atoms with E-state index in [4.69, 9.17) is 4.74 Å². The molecule has 1 heterocycles. The van der Waals surface area contributed by atoms with Gasteiger partial charge in [0.2, 0.25) is 0 Å². The number of ether oxygens (including phenoxy) is 1. The third-order valence-electron chi connectivity index (χ3n) is 2.31. The lowest BCUT2D eigenvalue weighted by Crippen LogP contribution is -2.14. The van der Waals surface area contributed by atoms with Gasteiger partial charge in [-0.3, -0.25) is 4.79 Å². The summed E-state index contributed by atoms with van der Waals surface area (Å²) in [5, 5.41) is 0. The molecule has 0 spiro atoms. The van der Waals surface area contributed by atoms with Crippen LogP contribution in [0.25, 0.3) is 0 Å². The zero-order chi connectivity index (χ0) is 8.97. The molecule has 2 nitrogen and oxygen atoms in total. The van der Waals surface area contributed by atoms with E-state index >= 15 is 0 Å². The molecule has 0 N–H and O–H groups in total. The standard InChI is InChI=1S/C10H16O2/c1-3-8(2)6-10(11)9-4-5-12-7-9/h9H,2-7H2,1H3. The zero-order valence-corrected chi connectivity index (χ0v) is 7.64. The summed E-state index contributed by atoms with van der Waals surface area (Å²) in [7, 11) is 0. The van der Waals surface area contributed by atoms with Crippen molar-refractivity contribution < 1.29 is 9.53 Å². The van der Waals surface area contributed by atoms with Gasteiger partial charge in [-0.15, -0.1) is 0 Å². The van der Waals surface area contributed by atoms with E-state index < -0.39 is 0 Å². The van der Waals surface area contributed by atoms with Crippen LogP contribution in [-0.2, 0) is 9.53 Å². The molecule has 1 aliphatic rings. The predicted octanol–water partition coefficient (Wildman–Crippen LogP) is 1.95. The molecule has 1 atom stereocenters. The van der Waals surface area contributed by atoms with Crippen molar-refractivity contribution >= 4 is 5.78 Å². The van der Waals surface area contributed by atoms with Gasteiger partial charge in [-0.1, -0.05) is 19.1 Å². The minimum atomic E-state index is 0.147. The van der Waals surface area contributed by atoms with E-state index in [1.807, 2.05) is 6.92 Å². The molecule has 0 aromatic rings. The first-order chi connectivity index (χ1) is 5.74. The molecule has 1 saturated heterocycles. The molecule has 12 heavy (non-hydrogen) atoms. The number of ketones is 1. The van der Waals surface area contributed by atoms with Gasteiger partial charge in [-0.2, -0.15) is 0 Å². The molecule has 0 saturated carbocycles.